The predicted octanol–water partition coefficient (Wildman–Crippen LogP) is 0.101. The van der Waals surface area contributed by atoms with Gasteiger partial charge in [0.15, 0.2) is 0 Å². The number of hydrogen-bond acceptors (Lipinski definition) is 3. The molecule has 3 N–H and O–H groups in total. The molecule has 1 fully saturated rings. The largest absolute Gasteiger partial charge is 0.480 e. The molecule has 0 saturated carbocycles. The number of nitrogens with one attached hydrogen (secondary N) is 2. The molecule has 0 aliphatic carbocycles. The maximum atomic E-state index is 11.9. The molecule has 2 atom stereocenters. The Bertz CT molecular complexity index is 277. The van der Waals surface area contributed by atoms with E-state index in [2.05, 4.69) is 10.6 Å². The molecule has 0 aromatic rings. The van der Waals surface area contributed by atoms with E-state index in [4.69, 9.17) is 5.11 Å². The Morgan fingerprint density at radius 3 is 2.47 bits per heavy atom. The van der Waals surface area contributed by atoms with E-state index in [0.29, 0.717) is 13.1 Å². The van der Waals surface area contributed by atoms with E-state index in [-0.39, 0.29) is 11.9 Å². The fraction of sp³-hybridized carbons (Fsp3) is 0.818. The highest BCUT2D eigenvalue weighted by Gasteiger charge is 2.27. The highest BCUT2D eigenvalue weighted by atomic mass is 16.4. The minimum Gasteiger partial charge on any atom is -0.480 e. The first-order valence-corrected chi connectivity index (χ1v) is 6.05. The molecule has 1 aliphatic rings. The van der Waals surface area contributed by atoms with E-state index >= 15 is 0 Å². The molecule has 0 aromatic carbocycles. The van der Waals surface area contributed by atoms with Crippen LogP contribution in [0.2, 0.25) is 0 Å². The highest BCUT2D eigenvalue weighted by Crippen LogP contribution is 2.08. The molecule has 1 unspecified atom stereocenters. The first-order valence-electron chi connectivity index (χ1n) is 6.05. The van der Waals surface area contributed by atoms with Crippen LogP contribution in [0.4, 0.5) is 4.79 Å². The lowest BCUT2D eigenvalue weighted by atomic mass is 9.99. The standard InChI is InChI=1S/C11H21N3O3/c1-3-8(2)9(10(15)16)13-11(17)14-6-4-12-5-7-14/h8-9,12H,3-7H2,1-2H3,(H,13,17)(H,15,16)/t8?,9-/m0/s1. The number of hydrogen-bond donors (Lipinski definition) is 3. The molecular formula is C11H21N3O3. The summed E-state index contributed by atoms with van der Waals surface area (Å²) >= 11 is 0. The Morgan fingerprint density at radius 1 is 1.41 bits per heavy atom. The van der Waals surface area contributed by atoms with Gasteiger partial charge >= 0.3 is 12.0 Å². The van der Waals surface area contributed by atoms with E-state index in [1.807, 2.05) is 13.8 Å². The van der Waals surface area contributed by atoms with Gasteiger partial charge in [-0.2, -0.15) is 0 Å². The quantitative estimate of drug-likeness (QED) is 0.654. The third-order valence-corrected chi connectivity index (χ3v) is 3.16. The lowest BCUT2D eigenvalue weighted by Crippen LogP contribution is -2.55. The van der Waals surface area contributed by atoms with E-state index in [1.54, 1.807) is 4.90 Å². The molecule has 98 valence electrons. The van der Waals surface area contributed by atoms with Gasteiger partial charge in [-0.15, -0.1) is 0 Å². The van der Waals surface area contributed by atoms with E-state index in [1.165, 1.54) is 0 Å². The number of carboxylic acid groups (broad SMARTS) is 1. The van der Waals surface area contributed by atoms with Gasteiger partial charge in [0, 0.05) is 26.2 Å². The van der Waals surface area contributed by atoms with Crippen LogP contribution in [0.25, 0.3) is 0 Å². The van der Waals surface area contributed by atoms with E-state index in [0.717, 1.165) is 19.5 Å². The second-order valence-corrected chi connectivity index (χ2v) is 4.39. The van der Waals surface area contributed by atoms with Crippen molar-refractivity contribution < 1.29 is 14.7 Å². The summed E-state index contributed by atoms with van der Waals surface area (Å²) in [4.78, 5) is 24.6. The smallest absolute Gasteiger partial charge is 0.326 e. The number of carbonyl (C=O) groups is 2. The molecule has 0 bridgehead atoms. The summed E-state index contributed by atoms with van der Waals surface area (Å²) in [7, 11) is 0. The number of urea groups is 1. The van der Waals surface area contributed by atoms with Crippen LogP contribution in [-0.4, -0.2) is 54.2 Å². The van der Waals surface area contributed by atoms with Gasteiger partial charge in [-0.25, -0.2) is 9.59 Å². The molecular weight excluding hydrogens is 222 g/mol. The van der Waals surface area contributed by atoms with Gasteiger partial charge in [0.2, 0.25) is 0 Å². The van der Waals surface area contributed by atoms with Crippen molar-refractivity contribution in [2.24, 2.45) is 5.92 Å². The first kappa shape index (κ1) is 13.8. The first-order chi connectivity index (χ1) is 8.06. The number of rotatable bonds is 4. The van der Waals surface area contributed by atoms with Crippen molar-refractivity contribution in [3.05, 3.63) is 0 Å². The van der Waals surface area contributed by atoms with Crippen molar-refractivity contribution in [2.75, 3.05) is 26.2 Å². The molecule has 0 radical (unpaired) electrons. The Balaban J connectivity index is 2.53. The van der Waals surface area contributed by atoms with E-state index in [9.17, 15) is 9.59 Å². The summed E-state index contributed by atoms with van der Waals surface area (Å²) in [5.74, 6) is -1.04. The minimum atomic E-state index is -0.970. The molecule has 1 heterocycles. The van der Waals surface area contributed by atoms with Crippen molar-refractivity contribution in [3.63, 3.8) is 0 Å². The van der Waals surface area contributed by atoms with Gasteiger partial charge in [0.25, 0.3) is 0 Å². The van der Waals surface area contributed by atoms with Gasteiger partial charge in [-0.3, -0.25) is 0 Å². The zero-order valence-electron chi connectivity index (χ0n) is 10.4. The molecule has 1 saturated heterocycles. The van der Waals surface area contributed by atoms with Crippen LogP contribution in [-0.2, 0) is 4.79 Å². The molecule has 0 spiro atoms. The SMILES string of the molecule is CCC(C)[C@H](NC(=O)N1CCNCC1)C(=O)O. The molecule has 2 amide bonds. The number of aliphatic carboxylic acids is 1. The van der Waals surface area contributed by atoms with Crippen LogP contribution < -0.4 is 10.6 Å². The lowest BCUT2D eigenvalue weighted by Gasteiger charge is -2.30. The fourth-order valence-electron chi connectivity index (χ4n) is 1.78. The van der Waals surface area contributed by atoms with Crippen LogP contribution in [0.5, 0.6) is 0 Å². The van der Waals surface area contributed by atoms with Crippen molar-refractivity contribution in [3.8, 4) is 0 Å². The average Bonchev–Trinajstić information content (AvgIpc) is 2.35. The zero-order chi connectivity index (χ0) is 12.8. The molecule has 1 aliphatic heterocycles. The second kappa shape index (κ2) is 6.44. The molecule has 1 rings (SSSR count). The number of piperazine rings is 1. The lowest BCUT2D eigenvalue weighted by molar-refractivity contribution is -0.140. The second-order valence-electron chi connectivity index (χ2n) is 4.39. The van der Waals surface area contributed by atoms with E-state index < -0.39 is 12.0 Å². The summed E-state index contributed by atoms with van der Waals surface area (Å²) < 4.78 is 0. The number of amides is 2. The Morgan fingerprint density at radius 2 is 2.00 bits per heavy atom. The topological polar surface area (TPSA) is 81.7 Å². The average molecular weight is 243 g/mol. The number of carbonyl (C=O) groups excluding carboxylic acids is 1. The van der Waals surface area contributed by atoms with Crippen LogP contribution in [0.3, 0.4) is 0 Å². The van der Waals surface area contributed by atoms with Gasteiger partial charge in [0.1, 0.15) is 6.04 Å². The van der Waals surface area contributed by atoms with Crippen LogP contribution in [0.15, 0.2) is 0 Å². The summed E-state index contributed by atoms with van der Waals surface area (Å²) in [6.07, 6.45) is 0.721. The zero-order valence-corrected chi connectivity index (χ0v) is 10.4. The Labute approximate surface area is 101 Å². The van der Waals surface area contributed by atoms with Crippen molar-refractivity contribution in [1.29, 1.82) is 0 Å². The maximum Gasteiger partial charge on any atom is 0.326 e. The highest BCUT2D eigenvalue weighted by molar-refractivity contribution is 5.82. The van der Waals surface area contributed by atoms with Crippen LogP contribution >= 0.6 is 0 Å². The Hall–Kier alpha value is -1.30. The summed E-state index contributed by atoms with van der Waals surface area (Å²) in [6.45, 7) is 6.51. The van der Waals surface area contributed by atoms with Gasteiger partial charge in [-0.1, -0.05) is 20.3 Å². The number of carboxylic acids is 1. The van der Waals surface area contributed by atoms with Crippen molar-refractivity contribution >= 4 is 12.0 Å². The van der Waals surface area contributed by atoms with Gasteiger partial charge < -0.3 is 20.6 Å². The summed E-state index contributed by atoms with van der Waals surface area (Å²) in [5.41, 5.74) is 0. The molecule has 6 nitrogen and oxygen atoms in total. The molecule has 17 heavy (non-hydrogen) atoms. The minimum absolute atomic E-state index is 0.0700. The third kappa shape index (κ3) is 3.89. The normalized spacial score (nSPS) is 19.5. The van der Waals surface area contributed by atoms with Crippen LogP contribution in [0, 0.1) is 5.92 Å². The fourth-order valence-corrected chi connectivity index (χ4v) is 1.78. The summed E-state index contributed by atoms with van der Waals surface area (Å²) in [6, 6.07) is -1.08. The predicted molar refractivity (Wildman–Crippen MR) is 63.9 cm³/mol. The van der Waals surface area contributed by atoms with Crippen molar-refractivity contribution in [1.82, 2.24) is 15.5 Å². The van der Waals surface area contributed by atoms with Gasteiger partial charge in [-0.05, 0) is 5.92 Å². The van der Waals surface area contributed by atoms with Gasteiger partial charge in [0.05, 0.1) is 0 Å². The monoisotopic (exact) mass is 243 g/mol. The molecule has 0 aromatic heterocycles. The summed E-state index contributed by atoms with van der Waals surface area (Å²) in [5, 5.41) is 14.8. The van der Waals surface area contributed by atoms with Crippen molar-refractivity contribution in [2.45, 2.75) is 26.3 Å². The maximum absolute atomic E-state index is 11.9. The number of nitrogens with zero attached hydrogens (tertiary/aromatic N) is 1. The third-order valence-electron chi connectivity index (χ3n) is 3.16. The van der Waals surface area contributed by atoms with Crippen LogP contribution in [0.1, 0.15) is 20.3 Å². The molecule has 6 heteroatoms. The Kier molecular flexibility index (Phi) is 5.21.